The van der Waals surface area contributed by atoms with Gasteiger partial charge in [0.2, 0.25) is 11.2 Å². The van der Waals surface area contributed by atoms with Crippen molar-refractivity contribution in [2.45, 2.75) is 19.4 Å². The fraction of sp³-hybridized carbons (Fsp3) is 0.235. The number of piperidine rings is 1. The van der Waals surface area contributed by atoms with Crippen LogP contribution in [0.2, 0.25) is 5.28 Å². The predicted octanol–water partition coefficient (Wildman–Crippen LogP) is 5.67. The Morgan fingerprint density at radius 1 is 0.800 bits per heavy atom. The number of nitrogens with zero attached hydrogens (tertiary/aromatic N) is 9. The third kappa shape index (κ3) is 5.26. The molecule has 4 aromatic heterocycles. The second kappa shape index (κ2) is 11.2. The minimum Gasteiger partial charge on any atom is -0.383 e. The molecule has 0 aliphatic carbocycles. The summed E-state index contributed by atoms with van der Waals surface area (Å²) in [7, 11) is 0. The van der Waals surface area contributed by atoms with Crippen molar-refractivity contribution in [2.24, 2.45) is 5.41 Å². The van der Waals surface area contributed by atoms with E-state index < -0.39 is 0 Å². The van der Waals surface area contributed by atoms with E-state index in [1.807, 2.05) is 42.5 Å². The lowest BCUT2D eigenvalue weighted by Crippen LogP contribution is -2.60. The maximum atomic E-state index is 6.34. The number of nitrogen functional groups attached to an aromatic ring is 1. The topological polar surface area (TPSA) is 115 Å². The van der Waals surface area contributed by atoms with Crippen molar-refractivity contribution in [1.29, 1.82) is 0 Å². The van der Waals surface area contributed by atoms with Crippen LogP contribution < -0.4 is 10.6 Å². The first-order valence-corrected chi connectivity index (χ1v) is 15.5. The summed E-state index contributed by atoms with van der Waals surface area (Å²) in [4.78, 5) is 31.6. The molecular formula is C34H31ClN10. The summed E-state index contributed by atoms with van der Waals surface area (Å²) in [6.07, 6.45) is 5.49. The molecule has 2 aliphatic heterocycles. The number of anilines is 2. The Labute approximate surface area is 265 Å². The molecular weight excluding hydrogens is 584 g/mol. The quantitative estimate of drug-likeness (QED) is 0.253. The number of hydrogen-bond acceptors (Lipinski definition) is 9. The van der Waals surface area contributed by atoms with E-state index in [1.165, 1.54) is 11.9 Å². The van der Waals surface area contributed by atoms with Gasteiger partial charge < -0.3 is 10.6 Å². The van der Waals surface area contributed by atoms with E-state index in [2.05, 4.69) is 70.7 Å². The number of fused-ring (bicyclic) bond motifs is 1. The number of aromatic nitrogens is 7. The molecule has 2 saturated heterocycles. The molecule has 0 radical (unpaired) electrons. The van der Waals surface area contributed by atoms with Gasteiger partial charge in [-0.05, 0) is 79.5 Å². The van der Waals surface area contributed by atoms with E-state index in [-0.39, 0.29) is 5.28 Å². The van der Waals surface area contributed by atoms with Crippen LogP contribution in [0.3, 0.4) is 0 Å². The Morgan fingerprint density at radius 2 is 1.60 bits per heavy atom. The molecule has 1 spiro atoms. The lowest BCUT2D eigenvalue weighted by molar-refractivity contribution is 0.0714. The fourth-order valence-corrected chi connectivity index (χ4v) is 6.71. The van der Waals surface area contributed by atoms with E-state index in [1.54, 1.807) is 6.20 Å². The number of imidazole rings is 1. The fourth-order valence-electron chi connectivity index (χ4n) is 6.59. The van der Waals surface area contributed by atoms with E-state index >= 15 is 0 Å². The molecule has 6 heterocycles. The molecule has 6 aromatic rings. The molecule has 45 heavy (non-hydrogen) atoms. The Kier molecular flexibility index (Phi) is 6.88. The van der Waals surface area contributed by atoms with Gasteiger partial charge in [0.25, 0.3) is 0 Å². The minimum atomic E-state index is 0.244. The van der Waals surface area contributed by atoms with Crippen LogP contribution in [-0.2, 0) is 6.54 Å². The normalized spacial score (nSPS) is 16.2. The van der Waals surface area contributed by atoms with Crippen LogP contribution in [0.1, 0.15) is 18.4 Å². The van der Waals surface area contributed by atoms with Crippen molar-refractivity contribution in [2.75, 3.05) is 36.8 Å². The van der Waals surface area contributed by atoms with Gasteiger partial charge in [0.1, 0.15) is 17.7 Å². The summed E-state index contributed by atoms with van der Waals surface area (Å²) >= 11 is 5.97. The Morgan fingerprint density at radius 3 is 2.36 bits per heavy atom. The van der Waals surface area contributed by atoms with Crippen molar-refractivity contribution < 1.29 is 0 Å². The Bertz CT molecular complexity index is 1980. The maximum Gasteiger partial charge on any atom is 0.229 e. The van der Waals surface area contributed by atoms with Crippen LogP contribution in [-0.4, -0.2) is 65.5 Å². The van der Waals surface area contributed by atoms with Gasteiger partial charge in [0.05, 0.1) is 11.3 Å². The highest BCUT2D eigenvalue weighted by atomic mass is 35.5. The summed E-state index contributed by atoms with van der Waals surface area (Å²) < 4.78 is 2.09. The number of hydrogen-bond donors (Lipinski definition) is 1. The number of likely N-dealkylation sites (tertiary alicyclic amines) is 1. The highest BCUT2D eigenvalue weighted by molar-refractivity contribution is 6.28. The molecule has 10 nitrogen and oxygen atoms in total. The second-order valence-corrected chi connectivity index (χ2v) is 12.3. The van der Waals surface area contributed by atoms with Gasteiger partial charge in [-0.3, -0.25) is 9.47 Å². The average molecular weight is 615 g/mol. The summed E-state index contributed by atoms with van der Waals surface area (Å²) in [5.41, 5.74) is 13.2. The zero-order valence-corrected chi connectivity index (χ0v) is 25.3. The van der Waals surface area contributed by atoms with Gasteiger partial charge in [-0.25, -0.2) is 24.9 Å². The lowest BCUT2D eigenvalue weighted by Gasteiger charge is -2.54. The summed E-state index contributed by atoms with van der Waals surface area (Å²) in [5, 5.41) is 0.244. The predicted molar refractivity (Wildman–Crippen MR) is 176 cm³/mol. The molecule has 2 aromatic carbocycles. The molecule has 0 atom stereocenters. The van der Waals surface area contributed by atoms with Crippen LogP contribution in [0, 0.1) is 5.41 Å². The van der Waals surface area contributed by atoms with Crippen molar-refractivity contribution in [3.8, 4) is 28.3 Å². The molecule has 2 N–H and O–H groups in total. The SMILES string of the molecule is Nc1ncccc1-c1nc2ccc(-c3ccccc3)nc2n1-c1ccc(CN2CCC3(CC2)CN(c2ncnc(Cl)n2)C3)cc1. The largest absolute Gasteiger partial charge is 0.383 e. The van der Waals surface area contributed by atoms with Gasteiger partial charge in [0, 0.05) is 42.5 Å². The molecule has 8 rings (SSSR count). The Balaban J connectivity index is 1.02. The standard InChI is InChI=1S/C34H31ClN10/c35-32-38-22-39-33(42-32)44-20-34(21-44)14-17-43(18-15-34)19-23-8-10-25(11-9-23)45-30(26-7-4-16-37-29(26)36)41-28-13-12-27(40-31(28)45)24-5-2-1-3-6-24/h1-13,16,22H,14-15,17-21H2,(H2,36,37). The van der Waals surface area contributed by atoms with Gasteiger partial charge in [-0.15, -0.1) is 0 Å². The Hall–Kier alpha value is -4.93. The third-order valence-electron chi connectivity index (χ3n) is 9.04. The molecule has 0 bridgehead atoms. The highest BCUT2D eigenvalue weighted by Gasteiger charge is 2.45. The van der Waals surface area contributed by atoms with Crippen LogP contribution in [0.5, 0.6) is 0 Å². The van der Waals surface area contributed by atoms with E-state index in [0.717, 1.165) is 85.1 Å². The summed E-state index contributed by atoms with van der Waals surface area (Å²) in [5.74, 6) is 1.83. The van der Waals surface area contributed by atoms with Gasteiger partial charge in [-0.1, -0.05) is 42.5 Å². The zero-order chi connectivity index (χ0) is 30.4. The summed E-state index contributed by atoms with van der Waals surface area (Å²) in [6.45, 7) is 4.98. The molecule has 2 aliphatic rings. The van der Waals surface area contributed by atoms with E-state index in [4.69, 9.17) is 27.3 Å². The van der Waals surface area contributed by atoms with Crippen LogP contribution in [0.15, 0.2) is 91.4 Å². The first-order chi connectivity index (χ1) is 22.0. The number of pyridine rings is 2. The minimum absolute atomic E-state index is 0.244. The van der Waals surface area contributed by atoms with Crippen molar-refractivity contribution >= 4 is 34.5 Å². The second-order valence-electron chi connectivity index (χ2n) is 12.0. The number of nitrogens with two attached hydrogens (primary N) is 1. The van der Waals surface area contributed by atoms with Gasteiger partial charge in [-0.2, -0.15) is 4.98 Å². The van der Waals surface area contributed by atoms with Gasteiger partial charge in [0.15, 0.2) is 11.5 Å². The zero-order valence-electron chi connectivity index (χ0n) is 24.6. The monoisotopic (exact) mass is 614 g/mol. The number of benzene rings is 2. The smallest absolute Gasteiger partial charge is 0.229 e. The third-order valence-corrected chi connectivity index (χ3v) is 9.22. The van der Waals surface area contributed by atoms with Gasteiger partial charge >= 0.3 is 0 Å². The van der Waals surface area contributed by atoms with Crippen molar-refractivity contribution in [1.82, 2.24) is 39.4 Å². The molecule has 11 heteroatoms. The highest BCUT2D eigenvalue weighted by Crippen LogP contribution is 2.42. The lowest BCUT2D eigenvalue weighted by atomic mass is 9.72. The maximum absolute atomic E-state index is 6.34. The van der Waals surface area contributed by atoms with Crippen LogP contribution >= 0.6 is 11.6 Å². The molecule has 2 fully saturated rings. The first-order valence-electron chi connectivity index (χ1n) is 15.1. The number of rotatable bonds is 6. The van der Waals surface area contributed by atoms with E-state index in [0.29, 0.717) is 17.2 Å². The molecule has 0 saturated carbocycles. The molecule has 0 amide bonds. The number of halogens is 1. The van der Waals surface area contributed by atoms with Crippen LogP contribution in [0.25, 0.3) is 39.5 Å². The summed E-state index contributed by atoms with van der Waals surface area (Å²) in [6, 6.07) is 26.8. The first kappa shape index (κ1) is 27.6. The van der Waals surface area contributed by atoms with Crippen molar-refractivity contribution in [3.05, 3.63) is 102 Å². The van der Waals surface area contributed by atoms with Crippen LogP contribution in [0.4, 0.5) is 11.8 Å². The van der Waals surface area contributed by atoms with E-state index in [9.17, 15) is 0 Å². The molecule has 0 unspecified atom stereocenters. The average Bonchev–Trinajstić information content (AvgIpc) is 3.44. The molecule has 224 valence electrons. The van der Waals surface area contributed by atoms with Crippen molar-refractivity contribution in [3.63, 3.8) is 0 Å².